The number of thiocarbonyl (C=S) groups is 1. The number of thiazole rings is 1. The third-order valence-electron chi connectivity index (χ3n) is 2.24. The minimum atomic E-state index is 0.376. The summed E-state index contributed by atoms with van der Waals surface area (Å²) in [7, 11) is 4.12. The van der Waals surface area contributed by atoms with Gasteiger partial charge in [-0.25, -0.2) is 4.98 Å². The first-order valence-corrected chi connectivity index (χ1v) is 6.58. The van der Waals surface area contributed by atoms with Crippen LogP contribution >= 0.6 is 23.6 Å². The number of rotatable bonds is 5. The molecule has 0 radical (unpaired) electrons. The minimum absolute atomic E-state index is 0.376. The van der Waals surface area contributed by atoms with E-state index in [9.17, 15) is 0 Å². The SMILES string of the molecule is CC(C)c1nc(CCN(C)C)sc1C(N)=S. The molecular weight excluding hydrogens is 238 g/mol. The van der Waals surface area contributed by atoms with Crippen molar-refractivity contribution in [3.05, 3.63) is 15.6 Å². The average molecular weight is 257 g/mol. The molecule has 0 fully saturated rings. The maximum Gasteiger partial charge on any atom is 0.116 e. The van der Waals surface area contributed by atoms with Gasteiger partial charge in [0.1, 0.15) is 4.99 Å². The monoisotopic (exact) mass is 257 g/mol. The molecule has 90 valence electrons. The Kier molecular flexibility index (Phi) is 4.83. The van der Waals surface area contributed by atoms with Crippen LogP contribution in [0.3, 0.4) is 0 Å². The molecule has 0 aliphatic carbocycles. The summed E-state index contributed by atoms with van der Waals surface area (Å²) in [5, 5.41) is 1.13. The third-order valence-corrected chi connectivity index (χ3v) is 3.74. The summed E-state index contributed by atoms with van der Waals surface area (Å²) in [6.45, 7) is 5.24. The summed E-state index contributed by atoms with van der Waals surface area (Å²) in [5.41, 5.74) is 6.76. The molecule has 0 aromatic carbocycles. The lowest BCUT2D eigenvalue weighted by Gasteiger charge is -2.06. The number of hydrogen-bond acceptors (Lipinski definition) is 4. The fourth-order valence-electron chi connectivity index (χ4n) is 1.37. The van der Waals surface area contributed by atoms with Crippen LogP contribution in [0.2, 0.25) is 0 Å². The van der Waals surface area contributed by atoms with Crippen LogP contribution in [0, 0.1) is 0 Å². The summed E-state index contributed by atoms with van der Waals surface area (Å²) in [4.78, 5) is 8.23. The molecule has 1 rings (SSSR count). The Morgan fingerprint density at radius 1 is 1.50 bits per heavy atom. The highest BCUT2D eigenvalue weighted by Gasteiger charge is 2.15. The van der Waals surface area contributed by atoms with Gasteiger partial charge < -0.3 is 10.6 Å². The van der Waals surface area contributed by atoms with Crippen LogP contribution in [0.1, 0.15) is 35.3 Å². The van der Waals surface area contributed by atoms with Crippen molar-refractivity contribution in [3.63, 3.8) is 0 Å². The van der Waals surface area contributed by atoms with Gasteiger partial charge in [0.15, 0.2) is 0 Å². The first-order chi connectivity index (χ1) is 7.41. The molecule has 0 amide bonds. The minimum Gasteiger partial charge on any atom is -0.389 e. The molecule has 3 nitrogen and oxygen atoms in total. The van der Waals surface area contributed by atoms with Crippen molar-refractivity contribution in [2.75, 3.05) is 20.6 Å². The third kappa shape index (κ3) is 3.50. The van der Waals surface area contributed by atoms with E-state index in [1.165, 1.54) is 0 Å². The molecule has 0 spiro atoms. The van der Waals surface area contributed by atoms with Crippen LogP contribution in [0.5, 0.6) is 0 Å². The zero-order chi connectivity index (χ0) is 12.3. The second-order valence-corrected chi connectivity index (χ2v) is 5.92. The van der Waals surface area contributed by atoms with E-state index in [4.69, 9.17) is 18.0 Å². The zero-order valence-electron chi connectivity index (χ0n) is 10.3. The van der Waals surface area contributed by atoms with Crippen LogP contribution in [-0.2, 0) is 6.42 Å². The number of likely N-dealkylation sites (N-methyl/N-ethyl adjacent to an activating group) is 1. The van der Waals surface area contributed by atoms with Crippen LogP contribution in [-0.4, -0.2) is 35.5 Å². The topological polar surface area (TPSA) is 42.2 Å². The van der Waals surface area contributed by atoms with E-state index in [-0.39, 0.29) is 0 Å². The Balaban J connectivity index is 2.88. The average Bonchev–Trinajstić information content (AvgIpc) is 2.58. The molecule has 1 heterocycles. The molecule has 0 aliphatic rings. The normalized spacial score (nSPS) is 11.4. The summed E-state index contributed by atoms with van der Waals surface area (Å²) in [6, 6.07) is 0. The second kappa shape index (κ2) is 5.70. The van der Waals surface area contributed by atoms with Crippen molar-refractivity contribution in [2.24, 2.45) is 5.73 Å². The number of nitrogens with two attached hydrogens (primary N) is 1. The first-order valence-electron chi connectivity index (χ1n) is 5.36. The first kappa shape index (κ1) is 13.5. The van der Waals surface area contributed by atoms with Crippen molar-refractivity contribution < 1.29 is 0 Å². The fraction of sp³-hybridized carbons (Fsp3) is 0.636. The van der Waals surface area contributed by atoms with E-state index < -0.39 is 0 Å². The summed E-state index contributed by atoms with van der Waals surface area (Å²) in [6.07, 6.45) is 0.958. The van der Waals surface area contributed by atoms with Gasteiger partial charge in [0.05, 0.1) is 15.6 Å². The highest BCUT2D eigenvalue weighted by Crippen LogP contribution is 2.25. The Morgan fingerprint density at radius 2 is 2.12 bits per heavy atom. The van der Waals surface area contributed by atoms with Gasteiger partial charge in [-0.05, 0) is 20.0 Å². The fourth-order valence-corrected chi connectivity index (χ4v) is 2.66. The van der Waals surface area contributed by atoms with E-state index in [1.54, 1.807) is 11.3 Å². The van der Waals surface area contributed by atoms with Crippen molar-refractivity contribution in [1.82, 2.24) is 9.88 Å². The Labute approximate surface area is 107 Å². The number of hydrogen-bond donors (Lipinski definition) is 1. The molecule has 0 atom stereocenters. The predicted molar refractivity (Wildman–Crippen MR) is 74.3 cm³/mol. The molecular formula is C11H19N3S2. The van der Waals surface area contributed by atoms with Crippen LogP contribution in [0.4, 0.5) is 0 Å². The van der Waals surface area contributed by atoms with Gasteiger partial charge in [-0.15, -0.1) is 11.3 Å². The molecule has 1 aromatic heterocycles. The summed E-state index contributed by atoms with van der Waals surface area (Å²) >= 11 is 6.69. The highest BCUT2D eigenvalue weighted by molar-refractivity contribution is 7.81. The largest absolute Gasteiger partial charge is 0.389 e. The van der Waals surface area contributed by atoms with E-state index in [1.807, 2.05) is 0 Å². The Bertz CT molecular complexity index is 369. The number of aromatic nitrogens is 1. The lowest BCUT2D eigenvalue weighted by atomic mass is 10.1. The van der Waals surface area contributed by atoms with Gasteiger partial charge in [0.2, 0.25) is 0 Å². The maximum absolute atomic E-state index is 5.71. The highest BCUT2D eigenvalue weighted by atomic mass is 32.1. The molecule has 5 heteroatoms. The van der Waals surface area contributed by atoms with E-state index in [2.05, 4.69) is 37.8 Å². The molecule has 1 aromatic rings. The van der Waals surface area contributed by atoms with Crippen LogP contribution < -0.4 is 5.73 Å². The lowest BCUT2D eigenvalue weighted by Crippen LogP contribution is -2.14. The molecule has 2 N–H and O–H groups in total. The smallest absolute Gasteiger partial charge is 0.116 e. The Hall–Kier alpha value is -0.520. The van der Waals surface area contributed by atoms with Gasteiger partial charge in [0, 0.05) is 13.0 Å². The van der Waals surface area contributed by atoms with Crippen LogP contribution in [0.15, 0.2) is 0 Å². The standard InChI is InChI=1S/C11H19N3S2/c1-7(2)9-10(11(12)15)16-8(13-9)5-6-14(3)4/h7H,5-6H2,1-4H3,(H2,12,15). The van der Waals surface area contributed by atoms with Gasteiger partial charge in [0.25, 0.3) is 0 Å². The lowest BCUT2D eigenvalue weighted by molar-refractivity contribution is 0.413. The number of nitrogens with zero attached hydrogens (tertiary/aromatic N) is 2. The molecule has 0 unspecified atom stereocenters. The summed E-state index contributed by atoms with van der Waals surface area (Å²) in [5.74, 6) is 0.376. The van der Waals surface area contributed by atoms with Crippen LogP contribution in [0.25, 0.3) is 0 Å². The second-order valence-electron chi connectivity index (χ2n) is 4.39. The van der Waals surface area contributed by atoms with Crippen molar-refractivity contribution in [1.29, 1.82) is 0 Å². The quantitative estimate of drug-likeness (QED) is 0.819. The molecule has 0 saturated carbocycles. The van der Waals surface area contributed by atoms with E-state index in [0.29, 0.717) is 10.9 Å². The van der Waals surface area contributed by atoms with Gasteiger partial charge >= 0.3 is 0 Å². The maximum atomic E-state index is 5.71. The molecule has 16 heavy (non-hydrogen) atoms. The van der Waals surface area contributed by atoms with E-state index >= 15 is 0 Å². The van der Waals surface area contributed by atoms with Crippen molar-refractivity contribution in [3.8, 4) is 0 Å². The van der Waals surface area contributed by atoms with Crippen molar-refractivity contribution in [2.45, 2.75) is 26.2 Å². The predicted octanol–water partition coefficient (Wildman–Crippen LogP) is 2.00. The molecule has 0 bridgehead atoms. The summed E-state index contributed by atoms with van der Waals surface area (Å²) < 4.78 is 0. The van der Waals surface area contributed by atoms with Gasteiger partial charge in [-0.2, -0.15) is 0 Å². The zero-order valence-corrected chi connectivity index (χ0v) is 11.9. The van der Waals surface area contributed by atoms with Gasteiger partial charge in [-0.1, -0.05) is 26.1 Å². The van der Waals surface area contributed by atoms with Gasteiger partial charge in [-0.3, -0.25) is 0 Å². The van der Waals surface area contributed by atoms with E-state index in [0.717, 1.165) is 28.5 Å². The molecule has 0 aliphatic heterocycles. The molecule has 0 saturated heterocycles. The van der Waals surface area contributed by atoms with Crippen molar-refractivity contribution >= 4 is 28.5 Å². The Morgan fingerprint density at radius 3 is 2.50 bits per heavy atom.